The van der Waals surface area contributed by atoms with Crippen LogP contribution >= 0.6 is 0 Å². The Bertz CT molecular complexity index is 1170. The van der Waals surface area contributed by atoms with E-state index in [1.54, 1.807) is 30.3 Å². The molecule has 1 heterocycles. The zero-order valence-corrected chi connectivity index (χ0v) is 15.2. The molecule has 0 bridgehead atoms. The lowest BCUT2D eigenvalue weighted by atomic mass is 10.2. The fourth-order valence-corrected chi connectivity index (χ4v) is 2.59. The van der Waals surface area contributed by atoms with E-state index in [1.165, 1.54) is 0 Å². The number of aromatic nitrogens is 2. The number of carbonyl (C=O) groups is 1. The molecule has 8 nitrogen and oxygen atoms in total. The number of alkyl halides is 3. The molecule has 0 aliphatic carbocycles. The van der Waals surface area contributed by atoms with Crippen LogP contribution in [0.25, 0.3) is 0 Å². The number of rotatable bonds is 5. The Morgan fingerprint density at radius 3 is 2.27 bits per heavy atom. The summed E-state index contributed by atoms with van der Waals surface area (Å²) in [6, 6.07) is 12.4. The number of nitrogens with zero attached hydrogens (tertiary/aromatic N) is 1. The summed E-state index contributed by atoms with van der Waals surface area (Å²) in [7, 11) is 0. The van der Waals surface area contributed by atoms with Gasteiger partial charge in [0.1, 0.15) is 11.4 Å². The van der Waals surface area contributed by atoms with Crippen molar-refractivity contribution in [2.24, 2.45) is 0 Å². The highest BCUT2D eigenvalue weighted by molar-refractivity contribution is 6.07. The molecule has 1 aromatic heterocycles. The summed E-state index contributed by atoms with van der Waals surface area (Å²) in [5.41, 5.74) is -3.22. The van der Waals surface area contributed by atoms with Gasteiger partial charge in [0.25, 0.3) is 5.91 Å². The first kappa shape index (κ1) is 20.7. The fourth-order valence-electron chi connectivity index (χ4n) is 2.59. The second-order valence-electron chi connectivity index (χ2n) is 6.17. The molecule has 0 fully saturated rings. The molecule has 2 aromatic carbocycles. The van der Waals surface area contributed by atoms with E-state index in [4.69, 9.17) is 0 Å². The van der Waals surface area contributed by atoms with Gasteiger partial charge in [-0.15, -0.1) is 0 Å². The van der Waals surface area contributed by atoms with Crippen LogP contribution in [0.3, 0.4) is 0 Å². The summed E-state index contributed by atoms with van der Waals surface area (Å²) >= 11 is 0. The van der Waals surface area contributed by atoms with E-state index in [0.29, 0.717) is 0 Å². The van der Waals surface area contributed by atoms with Gasteiger partial charge in [0, 0.05) is 12.2 Å². The molecule has 0 aliphatic heterocycles. The fraction of sp³-hybridized carbons (Fsp3) is 0.105. The standard InChI is InChI=1S/C19H15F3N4O4/c20-19(21,22)12-6-8-13(9-7-12)24-16(27)14-15(25-18(29)26(30)17(14)28)23-10-11-4-2-1-3-5-11/h1-9,23,30H,10H2,(H,24,27)(H,25,29). The molecule has 0 spiro atoms. The summed E-state index contributed by atoms with van der Waals surface area (Å²) in [6.07, 6.45) is -4.54. The van der Waals surface area contributed by atoms with Gasteiger partial charge >= 0.3 is 17.4 Å². The average molecular weight is 420 g/mol. The molecule has 3 aromatic rings. The third-order valence-corrected chi connectivity index (χ3v) is 4.09. The number of halogens is 3. The van der Waals surface area contributed by atoms with E-state index in [0.717, 1.165) is 29.8 Å². The normalized spacial score (nSPS) is 11.2. The number of nitrogens with one attached hydrogen (secondary N) is 3. The van der Waals surface area contributed by atoms with Crippen molar-refractivity contribution in [1.82, 2.24) is 9.71 Å². The maximum atomic E-state index is 12.7. The Kier molecular flexibility index (Phi) is 5.63. The van der Waals surface area contributed by atoms with E-state index < -0.39 is 34.5 Å². The van der Waals surface area contributed by atoms with Gasteiger partial charge in [-0.05, 0) is 29.8 Å². The van der Waals surface area contributed by atoms with Gasteiger partial charge in [-0.3, -0.25) is 14.6 Å². The van der Waals surface area contributed by atoms with Gasteiger partial charge in [0.15, 0.2) is 0 Å². The third kappa shape index (κ3) is 4.51. The number of benzene rings is 2. The zero-order chi connectivity index (χ0) is 21.9. The van der Waals surface area contributed by atoms with E-state index in [-0.39, 0.29) is 22.8 Å². The Labute approximate surface area is 166 Å². The van der Waals surface area contributed by atoms with Gasteiger partial charge in [0.2, 0.25) is 0 Å². The Balaban J connectivity index is 1.89. The van der Waals surface area contributed by atoms with Gasteiger partial charge in [0.05, 0.1) is 5.56 Å². The lowest BCUT2D eigenvalue weighted by Gasteiger charge is -2.13. The Hall–Kier alpha value is -4.02. The smallest absolute Gasteiger partial charge is 0.416 e. The highest BCUT2D eigenvalue weighted by Gasteiger charge is 2.30. The summed E-state index contributed by atoms with van der Waals surface area (Å²) in [4.78, 5) is 38.8. The highest BCUT2D eigenvalue weighted by Crippen LogP contribution is 2.29. The van der Waals surface area contributed by atoms with Crippen molar-refractivity contribution in [2.75, 3.05) is 10.6 Å². The van der Waals surface area contributed by atoms with Crippen LogP contribution in [0, 0.1) is 0 Å². The Morgan fingerprint density at radius 2 is 1.67 bits per heavy atom. The first-order chi connectivity index (χ1) is 14.2. The number of H-pyrrole nitrogens is 1. The van der Waals surface area contributed by atoms with Crippen molar-refractivity contribution < 1.29 is 23.2 Å². The number of aromatic amines is 1. The quantitative estimate of drug-likeness (QED) is 0.474. The largest absolute Gasteiger partial charge is 0.421 e. The molecule has 4 N–H and O–H groups in total. The SMILES string of the molecule is O=C(Nc1ccc(C(F)(F)F)cc1)c1c(NCc2ccccc2)[nH]c(=O)n(O)c1=O. The van der Waals surface area contributed by atoms with E-state index in [1.807, 2.05) is 0 Å². The van der Waals surface area contributed by atoms with E-state index in [9.17, 15) is 32.8 Å². The van der Waals surface area contributed by atoms with Crippen LogP contribution in [-0.2, 0) is 12.7 Å². The minimum absolute atomic E-state index is 0.0166. The van der Waals surface area contributed by atoms with Crippen molar-refractivity contribution in [1.29, 1.82) is 0 Å². The predicted octanol–water partition coefficient (Wildman–Crippen LogP) is 2.66. The maximum absolute atomic E-state index is 12.7. The van der Waals surface area contributed by atoms with Crippen molar-refractivity contribution in [2.45, 2.75) is 12.7 Å². The molecule has 0 aliphatic rings. The minimum Gasteiger partial charge on any atom is -0.421 e. The number of amides is 1. The van der Waals surface area contributed by atoms with Crippen LogP contribution in [0.2, 0.25) is 0 Å². The zero-order valence-electron chi connectivity index (χ0n) is 15.2. The van der Waals surface area contributed by atoms with Crippen LogP contribution in [-0.4, -0.2) is 20.8 Å². The lowest BCUT2D eigenvalue weighted by molar-refractivity contribution is -0.137. The van der Waals surface area contributed by atoms with Crippen LogP contribution in [0.4, 0.5) is 24.7 Å². The first-order valence-corrected chi connectivity index (χ1v) is 8.52. The van der Waals surface area contributed by atoms with Crippen molar-refractivity contribution in [3.63, 3.8) is 0 Å². The molecular weight excluding hydrogens is 405 g/mol. The van der Waals surface area contributed by atoms with E-state index in [2.05, 4.69) is 15.6 Å². The molecule has 0 radical (unpaired) electrons. The predicted molar refractivity (Wildman–Crippen MR) is 102 cm³/mol. The third-order valence-electron chi connectivity index (χ3n) is 4.09. The minimum atomic E-state index is -4.54. The second-order valence-corrected chi connectivity index (χ2v) is 6.17. The Morgan fingerprint density at radius 1 is 1.03 bits per heavy atom. The highest BCUT2D eigenvalue weighted by atomic mass is 19.4. The molecule has 0 saturated carbocycles. The monoisotopic (exact) mass is 420 g/mol. The van der Waals surface area contributed by atoms with Gasteiger partial charge in [-0.2, -0.15) is 13.2 Å². The van der Waals surface area contributed by atoms with Crippen LogP contribution < -0.4 is 21.9 Å². The van der Waals surface area contributed by atoms with Crippen molar-refractivity contribution in [3.05, 3.63) is 92.1 Å². The number of hydrogen-bond donors (Lipinski definition) is 4. The molecule has 11 heteroatoms. The summed E-state index contributed by atoms with van der Waals surface area (Å²) in [5, 5.41) is 14.6. The molecule has 0 saturated heterocycles. The van der Waals surface area contributed by atoms with Crippen LogP contribution in [0.5, 0.6) is 0 Å². The number of anilines is 2. The summed E-state index contributed by atoms with van der Waals surface area (Å²) in [6.45, 7) is 0.145. The maximum Gasteiger partial charge on any atom is 0.416 e. The molecule has 0 unspecified atom stereocenters. The molecule has 156 valence electrons. The molecule has 1 amide bonds. The van der Waals surface area contributed by atoms with Gasteiger partial charge in [-0.25, -0.2) is 4.79 Å². The van der Waals surface area contributed by atoms with Gasteiger partial charge < -0.3 is 15.8 Å². The average Bonchev–Trinajstić information content (AvgIpc) is 2.71. The van der Waals surface area contributed by atoms with Crippen molar-refractivity contribution >= 4 is 17.4 Å². The molecule has 30 heavy (non-hydrogen) atoms. The van der Waals surface area contributed by atoms with Crippen LogP contribution in [0.15, 0.2) is 64.2 Å². The second kappa shape index (κ2) is 8.15. The lowest BCUT2D eigenvalue weighted by Crippen LogP contribution is -2.39. The summed E-state index contributed by atoms with van der Waals surface area (Å²) in [5.74, 6) is -1.28. The van der Waals surface area contributed by atoms with Crippen molar-refractivity contribution in [3.8, 4) is 0 Å². The number of hydrogen-bond acceptors (Lipinski definition) is 5. The molecule has 3 rings (SSSR count). The molecular formula is C19H15F3N4O4. The molecule has 0 atom stereocenters. The topological polar surface area (TPSA) is 116 Å². The van der Waals surface area contributed by atoms with Gasteiger partial charge in [-0.1, -0.05) is 35.1 Å². The van der Waals surface area contributed by atoms with E-state index >= 15 is 0 Å². The van der Waals surface area contributed by atoms with Crippen LogP contribution in [0.1, 0.15) is 21.5 Å². The first-order valence-electron chi connectivity index (χ1n) is 8.52. The number of carbonyl (C=O) groups excluding carboxylic acids is 1. The summed E-state index contributed by atoms with van der Waals surface area (Å²) < 4.78 is 37.7.